The van der Waals surface area contributed by atoms with E-state index >= 15 is 0 Å². The van der Waals surface area contributed by atoms with E-state index in [2.05, 4.69) is 46.8 Å². The second-order valence-electron chi connectivity index (χ2n) is 5.46. The zero-order chi connectivity index (χ0) is 17.1. The monoisotopic (exact) mass is 340 g/mol. The van der Waals surface area contributed by atoms with E-state index in [1.54, 1.807) is 7.05 Å². The zero-order valence-electron chi connectivity index (χ0n) is 14.6. The molecule has 1 unspecified atom stereocenters. The molecule has 1 atom stereocenters. The van der Waals surface area contributed by atoms with E-state index in [1.165, 1.54) is 5.56 Å². The van der Waals surface area contributed by atoms with E-state index in [-0.39, 0.29) is 6.04 Å². The number of hydrogen-bond donors (Lipinski definition) is 2. The summed E-state index contributed by atoms with van der Waals surface area (Å²) in [7, 11) is 5.92. The van der Waals surface area contributed by atoms with Gasteiger partial charge >= 0.3 is 0 Å². The number of nitrogens with zero attached hydrogens (tertiary/aromatic N) is 2. The highest BCUT2D eigenvalue weighted by Crippen LogP contribution is 2.19. The van der Waals surface area contributed by atoms with Crippen molar-refractivity contribution in [3.05, 3.63) is 34.9 Å². The molecule has 0 aromatic heterocycles. The SMILES string of the molecule is CCOCCCNC(=NC)NCC(c1ccc(Cl)cc1)N(C)C. The van der Waals surface area contributed by atoms with E-state index in [4.69, 9.17) is 16.3 Å². The third-order valence-electron chi connectivity index (χ3n) is 3.53. The van der Waals surface area contributed by atoms with Crippen LogP contribution in [0.15, 0.2) is 29.3 Å². The van der Waals surface area contributed by atoms with Crippen LogP contribution in [0, 0.1) is 0 Å². The van der Waals surface area contributed by atoms with Crippen LogP contribution in [-0.2, 0) is 4.74 Å². The van der Waals surface area contributed by atoms with Crippen molar-refractivity contribution < 1.29 is 4.74 Å². The first-order valence-corrected chi connectivity index (χ1v) is 8.40. The lowest BCUT2D eigenvalue weighted by molar-refractivity contribution is 0.145. The van der Waals surface area contributed by atoms with Crippen LogP contribution in [0.25, 0.3) is 0 Å². The Hall–Kier alpha value is -1.30. The van der Waals surface area contributed by atoms with E-state index in [9.17, 15) is 0 Å². The van der Waals surface area contributed by atoms with Gasteiger partial charge in [-0.25, -0.2) is 0 Å². The summed E-state index contributed by atoms with van der Waals surface area (Å²) < 4.78 is 5.33. The molecule has 0 amide bonds. The summed E-state index contributed by atoms with van der Waals surface area (Å²) in [5, 5.41) is 7.44. The molecule has 1 aromatic rings. The number of hydrogen-bond acceptors (Lipinski definition) is 3. The Morgan fingerprint density at radius 2 is 1.96 bits per heavy atom. The van der Waals surface area contributed by atoms with Crippen LogP contribution >= 0.6 is 11.6 Å². The molecule has 23 heavy (non-hydrogen) atoms. The Bertz CT molecular complexity index is 462. The minimum absolute atomic E-state index is 0.245. The molecule has 0 bridgehead atoms. The van der Waals surface area contributed by atoms with Crippen LogP contribution in [-0.4, -0.2) is 58.3 Å². The zero-order valence-corrected chi connectivity index (χ0v) is 15.4. The Kier molecular flexibility index (Phi) is 9.67. The van der Waals surface area contributed by atoms with Crippen molar-refractivity contribution in [3.8, 4) is 0 Å². The van der Waals surface area contributed by atoms with Crippen LogP contribution < -0.4 is 10.6 Å². The number of halogens is 1. The second-order valence-corrected chi connectivity index (χ2v) is 5.90. The van der Waals surface area contributed by atoms with Crippen LogP contribution in [0.5, 0.6) is 0 Å². The van der Waals surface area contributed by atoms with Gasteiger partial charge in [0.15, 0.2) is 5.96 Å². The van der Waals surface area contributed by atoms with Crippen molar-refractivity contribution in [1.82, 2.24) is 15.5 Å². The van der Waals surface area contributed by atoms with Crippen molar-refractivity contribution in [2.24, 2.45) is 4.99 Å². The average Bonchev–Trinajstić information content (AvgIpc) is 2.54. The summed E-state index contributed by atoms with van der Waals surface area (Å²) in [6, 6.07) is 8.22. The normalized spacial score (nSPS) is 13.2. The summed E-state index contributed by atoms with van der Waals surface area (Å²) in [4.78, 5) is 6.44. The summed E-state index contributed by atoms with van der Waals surface area (Å²) in [6.07, 6.45) is 0.961. The molecule has 6 heteroatoms. The van der Waals surface area contributed by atoms with Gasteiger partial charge in [0, 0.05) is 38.4 Å². The maximum atomic E-state index is 5.97. The summed E-state index contributed by atoms with van der Waals surface area (Å²) in [5.74, 6) is 0.808. The molecule has 0 saturated carbocycles. The maximum absolute atomic E-state index is 5.97. The molecule has 0 aliphatic rings. The fourth-order valence-corrected chi connectivity index (χ4v) is 2.35. The lowest BCUT2D eigenvalue weighted by Crippen LogP contribution is -2.42. The van der Waals surface area contributed by atoms with Crippen LogP contribution in [0.1, 0.15) is 24.9 Å². The first kappa shape index (κ1) is 19.7. The molecule has 2 N–H and O–H groups in total. The van der Waals surface area contributed by atoms with Gasteiger partial charge in [-0.1, -0.05) is 23.7 Å². The van der Waals surface area contributed by atoms with Gasteiger partial charge in [0.1, 0.15) is 0 Å². The topological polar surface area (TPSA) is 48.9 Å². The quantitative estimate of drug-likeness (QED) is 0.412. The van der Waals surface area contributed by atoms with Gasteiger partial charge in [0.25, 0.3) is 0 Å². The third-order valence-corrected chi connectivity index (χ3v) is 3.78. The van der Waals surface area contributed by atoms with Gasteiger partial charge < -0.3 is 20.3 Å². The molecule has 0 fully saturated rings. The molecular weight excluding hydrogens is 312 g/mol. The average molecular weight is 341 g/mol. The van der Waals surface area contributed by atoms with E-state index in [0.717, 1.165) is 43.7 Å². The van der Waals surface area contributed by atoms with Gasteiger partial charge in [-0.05, 0) is 45.1 Å². The molecule has 0 heterocycles. The highest BCUT2D eigenvalue weighted by molar-refractivity contribution is 6.30. The highest BCUT2D eigenvalue weighted by Gasteiger charge is 2.14. The third kappa shape index (κ3) is 7.68. The molecule has 1 aromatic carbocycles. The molecule has 0 radical (unpaired) electrons. The lowest BCUT2D eigenvalue weighted by atomic mass is 10.1. The van der Waals surface area contributed by atoms with E-state index in [0.29, 0.717) is 0 Å². The van der Waals surface area contributed by atoms with E-state index < -0.39 is 0 Å². The van der Waals surface area contributed by atoms with Crippen LogP contribution in [0.4, 0.5) is 0 Å². The number of guanidine groups is 1. The fourth-order valence-electron chi connectivity index (χ4n) is 2.22. The number of nitrogens with one attached hydrogen (secondary N) is 2. The first-order valence-electron chi connectivity index (χ1n) is 8.02. The van der Waals surface area contributed by atoms with Gasteiger partial charge in [0.2, 0.25) is 0 Å². The predicted molar refractivity (Wildman–Crippen MR) is 98.4 cm³/mol. The molecule has 0 spiro atoms. The van der Waals surface area contributed by atoms with Crippen LogP contribution in [0.2, 0.25) is 5.02 Å². The minimum atomic E-state index is 0.245. The van der Waals surface area contributed by atoms with Crippen LogP contribution in [0.3, 0.4) is 0 Å². The number of rotatable bonds is 9. The molecule has 0 aliphatic carbocycles. The maximum Gasteiger partial charge on any atom is 0.191 e. The summed E-state index contributed by atoms with van der Waals surface area (Å²) >= 11 is 5.97. The Morgan fingerprint density at radius 3 is 2.52 bits per heavy atom. The Morgan fingerprint density at radius 1 is 1.26 bits per heavy atom. The van der Waals surface area contributed by atoms with Gasteiger partial charge in [-0.2, -0.15) is 0 Å². The molecule has 5 nitrogen and oxygen atoms in total. The molecule has 1 rings (SSSR count). The Balaban J connectivity index is 2.48. The molecule has 130 valence electrons. The first-order chi connectivity index (χ1) is 11.1. The number of aliphatic imine (C=N–C) groups is 1. The van der Waals surface area contributed by atoms with Crippen molar-refractivity contribution in [3.63, 3.8) is 0 Å². The number of benzene rings is 1. The van der Waals surface area contributed by atoms with Crippen molar-refractivity contribution >= 4 is 17.6 Å². The van der Waals surface area contributed by atoms with Crippen molar-refractivity contribution in [2.45, 2.75) is 19.4 Å². The summed E-state index contributed by atoms with van der Waals surface area (Å²) in [5.41, 5.74) is 1.22. The highest BCUT2D eigenvalue weighted by atomic mass is 35.5. The van der Waals surface area contributed by atoms with Gasteiger partial charge in [-0.3, -0.25) is 4.99 Å². The molecule has 0 saturated heterocycles. The predicted octanol–water partition coefficient (Wildman–Crippen LogP) is 2.53. The second kappa shape index (κ2) is 11.3. The fraction of sp³-hybridized carbons (Fsp3) is 0.588. The standard InChI is InChI=1S/C17H29ClN4O/c1-5-23-12-6-11-20-17(19-2)21-13-16(22(3)4)14-7-9-15(18)10-8-14/h7-10,16H,5-6,11-13H2,1-4H3,(H2,19,20,21). The Labute approximate surface area is 145 Å². The molecular formula is C17H29ClN4O. The summed E-state index contributed by atoms with van der Waals surface area (Å²) in [6.45, 7) is 5.14. The number of ether oxygens (including phenoxy) is 1. The van der Waals surface area contributed by atoms with Crippen molar-refractivity contribution in [1.29, 1.82) is 0 Å². The van der Waals surface area contributed by atoms with Gasteiger partial charge in [0.05, 0.1) is 6.04 Å². The largest absolute Gasteiger partial charge is 0.382 e. The number of likely N-dealkylation sites (N-methyl/N-ethyl adjacent to an activating group) is 1. The smallest absolute Gasteiger partial charge is 0.191 e. The minimum Gasteiger partial charge on any atom is -0.382 e. The van der Waals surface area contributed by atoms with Crippen molar-refractivity contribution in [2.75, 3.05) is 47.4 Å². The lowest BCUT2D eigenvalue weighted by Gasteiger charge is -2.26. The van der Waals surface area contributed by atoms with Gasteiger partial charge in [-0.15, -0.1) is 0 Å². The molecule has 0 aliphatic heterocycles. The van der Waals surface area contributed by atoms with E-state index in [1.807, 2.05) is 19.1 Å².